The third-order valence-electron chi connectivity index (χ3n) is 4.70. The van der Waals surface area contributed by atoms with Crippen LogP contribution in [0, 0.1) is 6.92 Å². The molecule has 132 valence electrons. The van der Waals surface area contributed by atoms with Gasteiger partial charge in [-0.2, -0.15) is 0 Å². The fourth-order valence-electron chi connectivity index (χ4n) is 3.25. The van der Waals surface area contributed by atoms with Crippen LogP contribution < -0.4 is 0 Å². The van der Waals surface area contributed by atoms with Gasteiger partial charge in [0.15, 0.2) is 11.0 Å². The molecule has 0 amide bonds. The van der Waals surface area contributed by atoms with E-state index in [1.165, 1.54) is 5.56 Å². The zero-order chi connectivity index (χ0) is 17.9. The van der Waals surface area contributed by atoms with Gasteiger partial charge in [-0.05, 0) is 31.9 Å². The Bertz CT molecular complexity index is 903. The minimum absolute atomic E-state index is 0.0132. The first kappa shape index (κ1) is 17.0. The van der Waals surface area contributed by atoms with Gasteiger partial charge in [0.2, 0.25) is 0 Å². The molecule has 1 atom stereocenters. The lowest BCUT2D eigenvalue weighted by Crippen LogP contribution is -2.21. The van der Waals surface area contributed by atoms with Crippen LogP contribution in [0.5, 0.6) is 0 Å². The number of benzene rings is 2. The van der Waals surface area contributed by atoms with Crippen molar-refractivity contribution in [2.24, 2.45) is 0 Å². The highest BCUT2D eigenvalue weighted by atomic mass is 32.2. The van der Waals surface area contributed by atoms with E-state index in [9.17, 15) is 4.79 Å². The summed E-state index contributed by atoms with van der Waals surface area (Å²) in [6.07, 6.45) is 3.72. The van der Waals surface area contributed by atoms with Gasteiger partial charge in [-0.3, -0.25) is 9.36 Å². The van der Waals surface area contributed by atoms with Crippen molar-refractivity contribution in [3.05, 3.63) is 60.2 Å². The van der Waals surface area contributed by atoms with Crippen molar-refractivity contribution in [1.82, 2.24) is 14.8 Å². The monoisotopic (exact) mass is 363 g/mol. The summed E-state index contributed by atoms with van der Waals surface area (Å²) in [5.41, 5.74) is 3.24. The summed E-state index contributed by atoms with van der Waals surface area (Å²) in [5, 5.41) is 9.67. The number of nitrogens with zero attached hydrogens (tertiary/aromatic N) is 3. The molecule has 4 rings (SSSR count). The maximum atomic E-state index is 12.3. The van der Waals surface area contributed by atoms with Crippen molar-refractivity contribution in [3.63, 3.8) is 0 Å². The molecule has 1 fully saturated rings. The number of carbonyl (C=O) groups is 1. The van der Waals surface area contributed by atoms with E-state index >= 15 is 0 Å². The summed E-state index contributed by atoms with van der Waals surface area (Å²) < 4.78 is 2.07. The Hall–Kier alpha value is -2.40. The van der Waals surface area contributed by atoms with Gasteiger partial charge >= 0.3 is 0 Å². The Kier molecular flexibility index (Phi) is 4.89. The Morgan fingerprint density at radius 2 is 1.77 bits per heavy atom. The smallest absolute Gasteiger partial charge is 0.196 e. The summed E-state index contributed by atoms with van der Waals surface area (Å²) in [5.74, 6) is 1.14. The lowest BCUT2D eigenvalue weighted by molar-refractivity contribution is -0.119. The molecule has 0 spiro atoms. The first-order chi connectivity index (χ1) is 12.7. The zero-order valence-electron chi connectivity index (χ0n) is 14.8. The Morgan fingerprint density at radius 3 is 2.50 bits per heavy atom. The molecule has 0 aliphatic heterocycles. The van der Waals surface area contributed by atoms with Gasteiger partial charge in [0.25, 0.3) is 0 Å². The molecule has 4 nitrogen and oxygen atoms in total. The first-order valence-electron chi connectivity index (χ1n) is 8.99. The molecule has 0 bridgehead atoms. The third-order valence-corrected chi connectivity index (χ3v) is 5.96. The normalized spacial score (nSPS) is 17.4. The molecule has 1 aromatic heterocycles. The molecule has 2 aromatic carbocycles. The third kappa shape index (κ3) is 3.44. The van der Waals surface area contributed by atoms with Crippen molar-refractivity contribution in [1.29, 1.82) is 0 Å². The molecule has 0 saturated heterocycles. The van der Waals surface area contributed by atoms with Crippen LogP contribution in [0.25, 0.3) is 17.1 Å². The number of aromatic nitrogens is 3. The fourth-order valence-corrected chi connectivity index (χ4v) is 4.42. The largest absolute Gasteiger partial charge is 0.298 e. The van der Waals surface area contributed by atoms with Gasteiger partial charge in [-0.1, -0.05) is 66.2 Å². The van der Waals surface area contributed by atoms with Crippen molar-refractivity contribution in [2.75, 3.05) is 0 Å². The van der Waals surface area contributed by atoms with E-state index in [1.54, 1.807) is 11.8 Å². The predicted octanol–water partition coefficient (Wildman–Crippen LogP) is 4.85. The van der Waals surface area contributed by atoms with Crippen molar-refractivity contribution in [2.45, 2.75) is 43.0 Å². The Morgan fingerprint density at radius 1 is 1.00 bits per heavy atom. The van der Waals surface area contributed by atoms with Crippen molar-refractivity contribution in [3.8, 4) is 17.1 Å². The summed E-state index contributed by atoms with van der Waals surface area (Å²) in [4.78, 5) is 12.3. The van der Waals surface area contributed by atoms with Crippen LogP contribution in [0.2, 0.25) is 0 Å². The van der Waals surface area contributed by atoms with Crippen LogP contribution in [0.1, 0.15) is 31.2 Å². The second-order valence-corrected chi connectivity index (χ2v) is 7.83. The average Bonchev–Trinajstić information content (AvgIpc) is 3.09. The standard InChI is InChI=1S/C21H21N3OS/c1-15-11-13-17(14-12-15)24-20(16-7-3-2-4-8-16)22-23-21(24)26-19-10-6-5-9-18(19)25/h2-4,7-8,11-14,19H,5-6,9-10H2,1H3. The molecule has 1 saturated carbocycles. The summed E-state index contributed by atoms with van der Waals surface area (Å²) in [6, 6.07) is 18.4. The summed E-state index contributed by atoms with van der Waals surface area (Å²) >= 11 is 1.55. The number of thioether (sulfide) groups is 1. The van der Waals surface area contributed by atoms with Gasteiger partial charge in [-0.15, -0.1) is 10.2 Å². The molecule has 1 aliphatic rings. The SMILES string of the molecule is Cc1ccc(-n2c(SC3CCCCC3=O)nnc2-c2ccccc2)cc1. The van der Waals surface area contributed by atoms with Crippen LogP contribution >= 0.6 is 11.8 Å². The van der Waals surface area contributed by atoms with Gasteiger partial charge in [-0.25, -0.2) is 0 Å². The predicted molar refractivity (Wildman–Crippen MR) is 105 cm³/mol. The number of carbonyl (C=O) groups excluding carboxylic acids is 1. The number of aryl methyl sites for hydroxylation is 1. The molecule has 5 heteroatoms. The molecular formula is C21H21N3OS. The Balaban J connectivity index is 1.77. The summed E-state index contributed by atoms with van der Waals surface area (Å²) in [6.45, 7) is 2.07. The van der Waals surface area contributed by atoms with Crippen LogP contribution in [-0.4, -0.2) is 25.8 Å². The van der Waals surface area contributed by atoms with E-state index < -0.39 is 0 Å². The lowest BCUT2D eigenvalue weighted by Gasteiger charge is -2.20. The van der Waals surface area contributed by atoms with Crippen LogP contribution in [0.4, 0.5) is 0 Å². The number of hydrogen-bond acceptors (Lipinski definition) is 4. The molecule has 1 aliphatic carbocycles. The highest BCUT2D eigenvalue weighted by Crippen LogP contribution is 2.34. The van der Waals surface area contributed by atoms with Crippen LogP contribution in [-0.2, 0) is 4.79 Å². The molecular weight excluding hydrogens is 342 g/mol. The van der Waals surface area contributed by atoms with E-state index in [0.717, 1.165) is 41.5 Å². The van der Waals surface area contributed by atoms with E-state index in [-0.39, 0.29) is 5.25 Å². The minimum Gasteiger partial charge on any atom is -0.298 e. The Labute approximate surface area is 157 Å². The topological polar surface area (TPSA) is 47.8 Å². The number of hydrogen-bond donors (Lipinski definition) is 0. The van der Waals surface area contributed by atoms with E-state index in [4.69, 9.17) is 0 Å². The van der Waals surface area contributed by atoms with E-state index in [0.29, 0.717) is 12.2 Å². The van der Waals surface area contributed by atoms with Crippen molar-refractivity contribution < 1.29 is 4.79 Å². The van der Waals surface area contributed by atoms with Gasteiger partial charge in [0.05, 0.1) is 5.25 Å². The van der Waals surface area contributed by atoms with Crippen molar-refractivity contribution >= 4 is 17.5 Å². The lowest BCUT2D eigenvalue weighted by atomic mass is 9.99. The molecule has 3 aromatic rings. The maximum Gasteiger partial charge on any atom is 0.196 e. The maximum absolute atomic E-state index is 12.3. The van der Waals surface area contributed by atoms with E-state index in [1.807, 2.05) is 30.3 Å². The molecule has 1 heterocycles. The van der Waals surface area contributed by atoms with Gasteiger partial charge < -0.3 is 0 Å². The van der Waals surface area contributed by atoms with Crippen LogP contribution in [0.15, 0.2) is 59.8 Å². The van der Waals surface area contributed by atoms with Gasteiger partial charge in [0.1, 0.15) is 5.78 Å². The molecule has 0 N–H and O–H groups in total. The van der Waals surface area contributed by atoms with E-state index in [2.05, 4.69) is 46.0 Å². The fraction of sp³-hybridized carbons (Fsp3) is 0.286. The number of rotatable bonds is 4. The van der Waals surface area contributed by atoms with Crippen LogP contribution in [0.3, 0.4) is 0 Å². The highest BCUT2D eigenvalue weighted by Gasteiger charge is 2.26. The second kappa shape index (κ2) is 7.46. The van der Waals surface area contributed by atoms with Gasteiger partial charge in [0, 0.05) is 17.7 Å². The first-order valence-corrected chi connectivity index (χ1v) is 9.87. The highest BCUT2D eigenvalue weighted by molar-refractivity contribution is 8.00. The average molecular weight is 363 g/mol. The molecule has 26 heavy (non-hydrogen) atoms. The quantitative estimate of drug-likeness (QED) is 0.665. The number of Topliss-reactive ketones (excluding diaryl/α,β-unsaturated/α-hetero) is 1. The molecule has 0 radical (unpaired) electrons. The number of ketones is 1. The molecule has 1 unspecified atom stereocenters. The zero-order valence-corrected chi connectivity index (χ0v) is 15.6. The second-order valence-electron chi connectivity index (χ2n) is 6.66. The summed E-state index contributed by atoms with van der Waals surface area (Å²) in [7, 11) is 0. The minimum atomic E-state index is -0.0132.